The van der Waals surface area contributed by atoms with Gasteiger partial charge < -0.3 is 19.6 Å². The van der Waals surface area contributed by atoms with E-state index in [0.29, 0.717) is 21.8 Å². The Kier molecular flexibility index (Phi) is 5.96. The molecule has 0 aliphatic heterocycles. The van der Waals surface area contributed by atoms with E-state index >= 15 is 0 Å². The fourth-order valence-electron chi connectivity index (χ4n) is 2.76. The second-order valence-corrected chi connectivity index (χ2v) is 7.76. The molecule has 2 N–H and O–H groups in total. The summed E-state index contributed by atoms with van der Waals surface area (Å²) < 4.78 is 44.4. The number of hydrogen-bond acceptors (Lipinski definition) is 4. The summed E-state index contributed by atoms with van der Waals surface area (Å²) in [6.07, 6.45) is -1.51. The normalized spacial score (nSPS) is 12.2. The van der Waals surface area contributed by atoms with E-state index in [2.05, 4.69) is 10.3 Å². The molecule has 30 heavy (non-hydrogen) atoms. The Bertz CT molecular complexity index is 1080. The van der Waals surface area contributed by atoms with Crippen LogP contribution >= 0.6 is 11.6 Å². The fraction of sp³-hybridized carbons (Fsp3) is 0.300. The minimum atomic E-state index is -4.49. The van der Waals surface area contributed by atoms with Crippen molar-refractivity contribution in [3.63, 3.8) is 0 Å². The first kappa shape index (κ1) is 21.9. The van der Waals surface area contributed by atoms with Crippen LogP contribution in [0.3, 0.4) is 0 Å². The predicted molar refractivity (Wildman–Crippen MR) is 106 cm³/mol. The number of benzene rings is 1. The first-order chi connectivity index (χ1) is 14.0. The zero-order valence-electron chi connectivity index (χ0n) is 16.1. The molecular weight excluding hydrogens is 423 g/mol. The largest absolute Gasteiger partial charge is 0.483 e. The van der Waals surface area contributed by atoms with Crippen molar-refractivity contribution < 1.29 is 27.8 Å². The highest BCUT2D eigenvalue weighted by atomic mass is 35.5. The molecule has 0 aliphatic carbocycles. The van der Waals surface area contributed by atoms with E-state index in [0.717, 1.165) is 0 Å². The Morgan fingerprint density at radius 2 is 1.93 bits per heavy atom. The van der Waals surface area contributed by atoms with Gasteiger partial charge in [0.05, 0.1) is 17.2 Å². The van der Waals surface area contributed by atoms with E-state index in [1.807, 2.05) is 0 Å². The third-order valence-electron chi connectivity index (χ3n) is 4.17. The van der Waals surface area contributed by atoms with Crippen LogP contribution in [0.5, 0.6) is 5.75 Å². The van der Waals surface area contributed by atoms with Crippen LogP contribution in [0.4, 0.5) is 13.2 Å². The minimum absolute atomic E-state index is 0.00871. The summed E-state index contributed by atoms with van der Waals surface area (Å²) in [6.45, 7) is 1.58. The van der Waals surface area contributed by atoms with Crippen LogP contribution in [0.15, 0.2) is 42.7 Å². The number of imidazole rings is 1. The first-order valence-electron chi connectivity index (χ1n) is 8.90. The summed E-state index contributed by atoms with van der Waals surface area (Å²) in [5.41, 5.74) is 0.275. The summed E-state index contributed by atoms with van der Waals surface area (Å²) in [5.74, 6) is -0.504. The summed E-state index contributed by atoms with van der Waals surface area (Å²) in [7, 11) is 0. The molecule has 0 saturated carbocycles. The molecule has 160 valence electrons. The van der Waals surface area contributed by atoms with Gasteiger partial charge in [0.1, 0.15) is 17.1 Å². The van der Waals surface area contributed by atoms with Gasteiger partial charge in [0.15, 0.2) is 6.61 Å². The summed E-state index contributed by atoms with van der Waals surface area (Å²) in [5, 5.41) is 12.3. The maximum absolute atomic E-state index is 12.6. The molecule has 6 nitrogen and oxygen atoms in total. The van der Waals surface area contributed by atoms with Crippen LogP contribution in [0.2, 0.25) is 5.02 Å². The molecule has 0 bridgehead atoms. The Balaban J connectivity index is 2.06. The minimum Gasteiger partial charge on any atom is -0.483 e. The summed E-state index contributed by atoms with van der Waals surface area (Å²) >= 11 is 6.19. The van der Waals surface area contributed by atoms with E-state index in [4.69, 9.17) is 16.3 Å². The number of ether oxygens (including phenoxy) is 1. The van der Waals surface area contributed by atoms with Crippen molar-refractivity contribution in [3.05, 3.63) is 53.4 Å². The number of aliphatic hydroxyl groups excluding tert-OH is 1. The number of para-hydroxylation sites is 1. The molecule has 1 aromatic carbocycles. The number of aromatic nitrogens is 2. The van der Waals surface area contributed by atoms with E-state index < -0.39 is 24.2 Å². The number of carbonyl (C=O) groups excluding carboxylic acids is 1. The van der Waals surface area contributed by atoms with Gasteiger partial charge in [-0.2, -0.15) is 13.2 Å². The maximum atomic E-state index is 12.6. The van der Waals surface area contributed by atoms with Crippen molar-refractivity contribution in [1.82, 2.24) is 14.7 Å². The molecule has 0 spiro atoms. The van der Waals surface area contributed by atoms with Crippen LogP contribution in [-0.4, -0.2) is 45.3 Å². The molecule has 0 saturated heterocycles. The third-order valence-corrected chi connectivity index (χ3v) is 4.37. The number of nitrogens with zero attached hydrogens (tertiary/aromatic N) is 2. The molecule has 0 radical (unpaired) electrons. The molecule has 0 atom stereocenters. The SMILES string of the molecule is CC(C)(CO)NC(=O)c1cn2cc(Cl)cc(-c3ccccc3OCC(F)(F)F)c2n1. The molecule has 3 aromatic rings. The topological polar surface area (TPSA) is 75.9 Å². The van der Waals surface area contributed by atoms with E-state index in [1.54, 1.807) is 38.1 Å². The van der Waals surface area contributed by atoms with Gasteiger partial charge in [0.25, 0.3) is 5.91 Å². The Morgan fingerprint density at radius 3 is 2.60 bits per heavy atom. The number of amides is 1. The quantitative estimate of drug-likeness (QED) is 0.604. The number of pyridine rings is 1. The maximum Gasteiger partial charge on any atom is 0.422 e. The molecule has 0 fully saturated rings. The fourth-order valence-corrected chi connectivity index (χ4v) is 2.97. The van der Waals surface area contributed by atoms with Crippen molar-refractivity contribution in [2.24, 2.45) is 0 Å². The number of nitrogens with one attached hydrogen (secondary N) is 1. The lowest BCUT2D eigenvalue weighted by Gasteiger charge is -2.22. The average molecular weight is 442 g/mol. The van der Waals surface area contributed by atoms with Crippen molar-refractivity contribution >= 4 is 23.2 Å². The Labute approximate surface area is 175 Å². The monoisotopic (exact) mass is 441 g/mol. The molecular formula is C20H19ClF3N3O3. The van der Waals surface area contributed by atoms with Gasteiger partial charge in [0.2, 0.25) is 0 Å². The van der Waals surface area contributed by atoms with Crippen LogP contribution in [-0.2, 0) is 0 Å². The third kappa shape index (κ3) is 5.03. The average Bonchev–Trinajstić information content (AvgIpc) is 3.09. The second kappa shape index (κ2) is 8.16. The Hall–Kier alpha value is -2.78. The smallest absolute Gasteiger partial charge is 0.422 e. The predicted octanol–water partition coefficient (Wildman–Crippen LogP) is 4.10. The van der Waals surface area contributed by atoms with Crippen LogP contribution in [0.25, 0.3) is 16.8 Å². The molecule has 3 rings (SSSR count). The Morgan fingerprint density at radius 1 is 1.23 bits per heavy atom. The number of aliphatic hydroxyl groups is 1. The van der Waals surface area contributed by atoms with Crippen LogP contribution in [0, 0.1) is 0 Å². The van der Waals surface area contributed by atoms with E-state index in [1.165, 1.54) is 22.9 Å². The van der Waals surface area contributed by atoms with E-state index in [-0.39, 0.29) is 18.1 Å². The number of alkyl halides is 3. The highest BCUT2D eigenvalue weighted by Crippen LogP contribution is 2.35. The van der Waals surface area contributed by atoms with Gasteiger partial charge in [-0.15, -0.1) is 0 Å². The van der Waals surface area contributed by atoms with Gasteiger partial charge in [-0.05, 0) is 26.0 Å². The summed E-state index contributed by atoms with van der Waals surface area (Å²) in [6, 6.07) is 7.74. The van der Waals surface area contributed by atoms with Gasteiger partial charge in [-0.25, -0.2) is 4.98 Å². The van der Waals surface area contributed by atoms with Crippen molar-refractivity contribution in [2.75, 3.05) is 13.2 Å². The highest BCUT2D eigenvalue weighted by molar-refractivity contribution is 6.31. The zero-order chi connectivity index (χ0) is 22.1. The molecule has 0 aliphatic rings. The number of rotatable bonds is 6. The molecule has 2 aromatic heterocycles. The van der Waals surface area contributed by atoms with Crippen LogP contribution in [0.1, 0.15) is 24.3 Å². The molecule has 10 heteroatoms. The number of hydrogen-bond donors (Lipinski definition) is 2. The van der Waals surface area contributed by atoms with Gasteiger partial charge in [-0.3, -0.25) is 4.79 Å². The lowest BCUT2D eigenvalue weighted by atomic mass is 10.1. The molecule has 2 heterocycles. The number of fused-ring (bicyclic) bond motifs is 1. The number of halogens is 4. The lowest BCUT2D eigenvalue weighted by molar-refractivity contribution is -0.153. The van der Waals surface area contributed by atoms with Crippen LogP contribution < -0.4 is 10.1 Å². The van der Waals surface area contributed by atoms with E-state index in [9.17, 15) is 23.1 Å². The highest BCUT2D eigenvalue weighted by Gasteiger charge is 2.29. The van der Waals surface area contributed by atoms with Gasteiger partial charge in [0, 0.05) is 23.5 Å². The van der Waals surface area contributed by atoms with Crippen molar-refractivity contribution in [1.29, 1.82) is 0 Å². The lowest BCUT2D eigenvalue weighted by Crippen LogP contribution is -2.46. The van der Waals surface area contributed by atoms with Crippen molar-refractivity contribution in [3.8, 4) is 16.9 Å². The zero-order valence-corrected chi connectivity index (χ0v) is 16.9. The molecule has 1 amide bonds. The van der Waals surface area contributed by atoms with Gasteiger partial charge >= 0.3 is 6.18 Å². The first-order valence-corrected chi connectivity index (χ1v) is 9.27. The summed E-state index contributed by atoms with van der Waals surface area (Å²) in [4.78, 5) is 16.9. The second-order valence-electron chi connectivity index (χ2n) is 7.33. The van der Waals surface area contributed by atoms with Crippen molar-refractivity contribution in [2.45, 2.75) is 25.6 Å². The molecule has 0 unspecified atom stereocenters. The standard InChI is InChI=1S/C20H19ClF3N3O3/c1-19(2,10-28)26-18(29)15-9-27-8-12(21)7-14(17(27)25-15)13-5-3-4-6-16(13)30-11-20(22,23)24/h3-9,28H,10-11H2,1-2H3,(H,26,29). The number of carbonyl (C=O) groups is 1. The van der Waals surface area contributed by atoms with Gasteiger partial charge in [-0.1, -0.05) is 29.8 Å².